The first-order valence-electron chi connectivity index (χ1n) is 9.39. The Balaban J connectivity index is 0.00000117. The van der Waals surface area contributed by atoms with Gasteiger partial charge in [0.05, 0.1) is 0 Å². The molecule has 6 heteroatoms. The number of hydrogen-bond acceptors (Lipinski definition) is 3. The van der Waals surface area contributed by atoms with Gasteiger partial charge in [-0.25, -0.2) is 4.39 Å². The highest BCUT2D eigenvalue weighted by Crippen LogP contribution is 2.44. The van der Waals surface area contributed by atoms with Crippen LogP contribution in [0.25, 0.3) is 11.1 Å². The number of halogens is 3. The Morgan fingerprint density at radius 1 is 0.897 bits per heavy atom. The molecule has 0 bridgehead atoms. The second-order valence-electron chi connectivity index (χ2n) is 6.30. The van der Waals surface area contributed by atoms with E-state index in [-0.39, 0.29) is 17.3 Å². The lowest BCUT2D eigenvalue weighted by Crippen LogP contribution is -2.25. The highest BCUT2D eigenvalue weighted by Gasteiger charge is 2.43. The normalized spacial score (nSPS) is 13.4. The molecule has 0 amide bonds. The summed E-state index contributed by atoms with van der Waals surface area (Å²) in [6.07, 6.45) is -3.63. The number of anilines is 1. The minimum atomic E-state index is -3.63. The van der Waals surface area contributed by atoms with E-state index in [1.807, 2.05) is 45.0 Å². The molecule has 3 aromatic rings. The summed E-state index contributed by atoms with van der Waals surface area (Å²) in [6, 6.07) is 17.1. The van der Waals surface area contributed by atoms with Gasteiger partial charge >= 0.3 is 6.29 Å². The maximum Gasteiger partial charge on any atom is 0.586 e. The fraction of sp³-hybridized carbons (Fsp3) is 0.217. The van der Waals surface area contributed by atoms with Crippen molar-refractivity contribution in [2.24, 2.45) is 0 Å². The first kappa shape index (κ1) is 20.6. The lowest BCUT2D eigenvalue weighted by molar-refractivity contribution is -0.286. The van der Waals surface area contributed by atoms with Gasteiger partial charge in [0.2, 0.25) is 0 Å². The number of aryl methyl sites for hydroxylation is 1. The van der Waals surface area contributed by atoms with Crippen LogP contribution in [0.2, 0.25) is 0 Å². The summed E-state index contributed by atoms with van der Waals surface area (Å²) in [5.74, 6) is -0.207. The van der Waals surface area contributed by atoms with Crippen LogP contribution < -0.4 is 14.8 Å². The first-order chi connectivity index (χ1) is 13.9. The van der Waals surface area contributed by atoms with Gasteiger partial charge in [0.1, 0.15) is 5.82 Å². The molecule has 1 aliphatic rings. The molecule has 0 aromatic heterocycles. The predicted octanol–water partition coefficient (Wildman–Crippen LogP) is 6.76. The van der Waals surface area contributed by atoms with E-state index >= 15 is 0 Å². The van der Waals surface area contributed by atoms with Crippen LogP contribution in [0.1, 0.15) is 25.0 Å². The summed E-state index contributed by atoms with van der Waals surface area (Å²) in [7, 11) is 0. The molecule has 0 saturated carbocycles. The number of rotatable bonds is 4. The van der Waals surface area contributed by atoms with Crippen LogP contribution in [0.4, 0.5) is 18.9 Å². The summed E-state index contributed by atoms with van der Waals surface area (Å²) < 4.78 is 49.1. The lowest BCUT2D eigenvalue weighted by Gasteiger charge is -2.10. The number of fused-ring (bicyclic) bond motifs is 1. The standard InChI is InChI=1S/C21H16F3NO2.C2H6/c1-13-10-19-20(27-21(23,24)26-19)11-17(13)14-6-8-16(9-7-14)25-12-15-4-2-3-5-18(15)22;1-2/h2-11,25H,12H2,1H3;1-2H3. The zero-order valence-corrected chi connectivity index (χ0v) is 16.4. The van der Waals surface area contributed by atoms with Gasteiger partial charge in [0.15, 0.2) is 11.5 Å². The molecule has 0 saturated heterocycles. The van der Waals surface area contributed by atoms with Crippen LogP contribution in [0.15, 0.2) is 60.7 Å². The van der Waals surface area contributed by atoms with Crippen LogP contribution in [-0.4, -0.2) is 6.29 Å². The molecule has 0 radical (unpaired) electrons. The van der Waals surface area contributed by atoms with Crippen LogP contribution in [0, 0.1) is 12.7 Å². The molecule has 1 heterocycles. The maximum atomic E-state index is 13.7. The second kappa shape index (κ2) is 8.47. The Morgan fingerprint density at radius 2 is 1.52 bits per heavy atom. The number of benzene rings is 3. The number of ether oxygens (including phenoxy) is 2. The van der Waals surface area contributed by atoms with E-state index in [9.17, 15) is 13.2 Å². The number of alkyl halides is 2. The van der Waals surface area contributed by atoms with Crippen molar-refractivity contribution in [3.63, 3.8) is 0 Å². The molecular weight excluding hydrogens is 379 g/mol. The van der Waals surface area contributed by atoms with E-state index in [2.05, 4.69) is 14.8 Å². The highest BCUT2D eigenvalue weighted by molar-refractivity contribution is 5.72. The Kier molecular flexibility index (Phi) is 6.01. The van der Waals surface area contributed by atoms with Crippen molar-refractivity contribution >= 4 is 5.69 Å². The third kappa shape index (κ3) is 4.65. The summed E-state index contributed by atoms with van der Waals surface area (Å²) in [4.78, 5) is 0. The van der Waals surface area contributed by atoms with Crippen molar-refractivity contribution in [3.8, 4) is 22.6 Å². The average Bonchev–Trinajstić information content (AvgIpc) is 3.01. The quantitative estimate of drug-likeness (QED) is 0.524. The van der Waals surface area contributed by atoms with E-state index < -0.39 is 6.29 Å². The Labute approximate surface area is 168 Å². The molecule has 1 N–H and O–H groups in total. The van der Waals surface area contributed by atoms with Crippen LogP contribution in [-0.2, 0) is 6.54 Å². The molecule has 0 fully saturated rings. The fourth-order valence-corrected chi connectivity index (χ4v) is 3.02. The summed E-state index contributed by atoms with van der Waals surface area (Å²) in [5, 5.41) is 3.16. The van der Waals surface area contributed by atoms with Crippen LogP contribution in [0.5, 0.6) is 11.5 Å². The van der Waals surface area contributed by atoms with Gasteiger partial charge in [-0.2, -0.15) is 0 Å². The Morgan fingerprint density at radius 3 is 2.17 bits per heavy atom. The Hall–Kier alpha value is -3.15. The second-order valence-corrected chi connectivity index (χ2v) is 6.30. The molecular formula is C23H22F3NO2. The van der Waals surface area contributed by atoms with Gasteiger partial charge in [0, 0.05) is 17.8 Å². The predicted molar refractivity (Wildman–Crippen MR) is 108 cm³/mol. The van der Waals surface area contributed by atoms with Gasteiger partial charge in [-0.15, -0.1) is 8.78 Å². The zero-order valence-electron chi connectivity index (χ0n) is 16.4. The van der Waals surface area contributed by atoms with Crippen LogP contribution >= 0.6 is 0 Å². The van der Waals surface area contributed by atoms with Crippen molar-refractivity contribution in [2.75, 3.05) is 5.32 Å². The van der Waals surface area contributed by atoms with Gasteiger partial charge in [-0.1, -0.05) is 44.2 Å². The van der Waals surface area contributed by atoms with Crippen LogP contribution in [0.3, 0.4) is 0 Å². The molecule has 3 aromatic carbocycles. The van der Waals surface area contributed by atoms with E-state index in [0.717, 1.165) is 22.4 Å². The molecule has 0 spiro atoms. The molecule has 0 atom stereocenters. The summed E-state index contributed by atoms with van der Waals surface area (Å²) >= 11 is 0. The molecule has 3 nitrogen and oxygen atoms in total. The molecule has 1 aliphatic heterocycles. The molecule has 4 rings (SSSR count). The van der Waals surface area contributed by atoms with Gasteiger partial charge in [0.25, 0.3) is 0 Å². The SMILES string of the molecule is CC.Cc1cc2c(cc1-c1ccc(NCc3ccccc3F)cc1)OC(F)(F)O2. The van der Waals surface area contributed by atoms with Crippen molar-refractivity contribution in [2.45, 2.75) is 33.6 Å². The molecule has 29 heavy (non-hydrogen) atoms. The number of hydrogen-bond donors (Lipinski definition) is 1. The van der Waals surface area contributed by atoms with Gasteiger partial charge in [-0.05, 0) is 53.9 Å². The Bertz CT molecular complexity index is 988. The molecule has 0 unspecified atom stereocenters. The zero-order chi connectivity index (χ0) is 21.0. The summed E-state index contributed by atoms with van der Waals surface area (Å²) in [5.41, 5.74) is 3.82. The molecule has 152 valence electrons. The van der Waals surface area contributed by atoms with E-state index in [0.29, 0.717) is 12.1 Å². The highest BCUT2D eigenvalue weighted by atomic mass is 19.3. The van der Waals surface area contributed by atoms with E-state index in [1.165, 1.54) is 12.1 Å². The van der Waals surface area contributed by atoms with Gasteiger partial charge < -0.3 is 14.8 Å². The smallest absolute Gasteiger partial charge is 0.395 e. The third-order valence-electron chi connectivity index (χ3n) is 4.38. The van der Waals surface area contributed by atoms with Crippen molar-refractivity contribution in [3.05, 3.63) is 77.6 Å². The topological polar surface area (TPSA) is 30.5 Å². The minimum Gasteiger partial charge on any atom is -0.395 e. The number of nitrogens with one attached hydrogen (secondary N) is 1. The fourth-order valence-electron chi connectivity index (χ4n) is 3.02. The monoisotopic (exact) mass is 401 g/mol. The average molecular weight is 401 g/mol. The lowest BCUT2D eigenvalue weighted by atomic mass is 9.99. The van der Waals surface area contributed by atoms with Crippen molar-refractivity contribution in [1.29, 1.82) is 0 Å². The maximum absolute atomic E-state index is 13.7. The minimum absolute atomic E-state index is 0.0161. The van der Waals surface area contributed by atoms with E-state index in [4.69, 9.17) is 0 Å². The summed E-state index contributed by atoms with van der Waals surface area (Å²) in [6.45, 7) is 6.18. The van der Waals surface area contributed by atoms with Gasteiger partial charge in [-0.3, -0.25) is 0 Å². The van der Waals surface area contributed by atoms with Crippen molar-refractivity contribution in [1.82, 2.24) is 0 Å². The third-order valence-corrected chi connectivity index (χ3v) is 4.38. The molecule has 0 aliphatic carbocycles. The largest absolute Gasteiger partial charge is 0.586 e. The first-order valence-corrected chi connectivity index (χ1v) is 9.39. The van der Waals surface area contributed by atoms with E-state index in [1.54, 1.807) is 24.3 Å². The van der Waals surface area contributed by atoms with Crippen molar-refractivity contribution < 1.29 is 22.6 Å².